The van der Waals surface area contributed by atoms with Crippen molar-refractivity contribution < 1.29 is 0 Å². The van der Waals surface area contributed by atoms with Crippen LogP contribution in [0, 0.1) is 12.3 Å². The van der Waals surface area contributed by atoms with E-state index in [2.05, 4.69) is 50.3 Å². The second-order valence-corrected chi connectivity index (χ2v) is 6.65. The Morgan fingerprint density at radius 3 is 2.95 bits per heavy atom. The molecule has 5 nitrogen and oxygen atoms in total. The van der Waals surface area contributed by atoms with E-state index < -0.39 is 0 Å². The van der Waals surface area contributed by atoms with E-state index in [-0.39, 0.29) is 0 Å². The van der Waals surface area contributed by atoms with Gasteiger partial charge in [0, 0.05) is 31.0 Å². The van der Waals surface area contributed by atoms with E-state index >= 15 is 0 Å². The van der Waals surface area contributed by atoms with Crippen molar-refractivity contribution in [1.29, 1.82) is 0 Å². The minimum absolute atomic E-state index is 0.468. The Bertz CT molecular complexity index is 651. The van der Waals surface area contributed by atoms with Crippen molar-refractivity contribution >= 4 is 11.6 Å². The first-order valence-corrected chi connectivity index (χ1v) is 7.94. The third-order valence-corrected chi connectivity index (χ3v) is 4.93. The third-order valence-electron chi connectivity index (χ3n) is 4.93. The maximum atomic E-state index is 4.66. The van der Waals surface area contributed by atoms with Crippen molar-refractivity contribution in [3.05, 3.63) is 42.5 Å². The van der Waals surface area contributed by atoms with Crippen molar-refractivity contribution in [1.82, 2.24) is 15.0 Å². The van der Waals surface area contributed by atoms with Gasteiger partial charge in [0.2, 0.25) is 0 Å². The van der Waals surface area contributed by atoms with Gasteiger partial charge in [-0.2, -0.15) is 0 Å². The van der Waals surface area contributed by atoms with E-state index in [0.717, 1.165) is 30.4 Å². The summed E-state index contributed by atoms with van der Waals surface area (Å²) in [5.74, 6) is 2.06. The maximum Gasteiger partial charge on any atom is 0.129 e. The van der Waals surface area contributed by atoms with E-state index in [4.69, 9.17) is 0 Å². The first-order chi connectivity index (χ1) is 10.7. The highest BCUT2D eigenvalue weighted by Crippen LogP contribution is 2.49. The summed E-state index contributed by atoms with van der Waals surface area (Å²) in [5.41, 5.74) is 1.56. The fourth-order valence-corrected chi connectivity index (χ4v) is 3.84. The van der Waals surface area contributed by atoms with Crippen molar-refractivity contribution in [2.75, 3.05) is 23.3 Å². The molecule has 1 saturated carbocycles. The maximum absolute atomic E-state index is 4.66. The lowest BCUT2D eigenvalue weighted by atomic mass is 9.65. The van der Waals surface area contributed by atoms with Crippen LogP contribution in [0.2, 0.25) is 0 Å². The molecule has 0 radical (unpaired) electrons. The molecule has 1 spiro atoms. The SMILES string of the molecule is Cc1cccc(N2CCC3(CC(Nc4ccncn4)C3)C2)n1. The van der Waals surface area contributed by atoms with E-state index in [9.17, 15) is 0 Å². The first kappa shape index (κ1) is 13.5. The number of aromatic nitrogens is 3. The van der Waals surface area contributed by atoms with Crippen LogP contribution in [0.4, 0.5) is 11.6 Å². The highest BCUT2D eigenvalue weighted by atomic mass is 15.2. The smallest absolute Gasteiger partial charge is 0.129 e. The van der Waals surface area contributed by atoms with Gasteiger partial charge in [-0.05, 0) is 49.8 Å². The quantitative estimate of drug-likeness (QED) is 0.943. The van der Waals surface area contributed by atoms with Gasteiger partial charge in [-0.1, -0.05) is 6.07 Å². The van der Waals surface area contributed by atoms with Gasteiger partial charge in [-0.3, -0.25) is 0 Å². The molecule has 22 heavy (non-hydrogen) atoms. The molecule has 114 valence electrons. The fourth-order valence-electron chi connectivity index (χ4n) is 3.84. The van der Waals surface area contributed by atoms with Crippen LogP contribution < -0.4 is 10.2 Å². The van der Waals surface area contributed by atoms with Crippen molar-refractivity contribution in [3.63, 3.8) is 0 Å². The topological polar surface area (TPSA) is 53.9 Å². The van der Waals surface area contributed by atoms with E-state index in [1.165, 1.54) is 19.3 Å². The van der Waals surface area contributed by atoms with Gasteiger partial charge in [-0.15, -0.1) is 0 Å². The lowest BCUT2D eigenvalue weighted by Gasteiger charge is -2.45. The molecule has 0 bridgehead atoms. The van der Waals surface area contributed by atoms with Crippen molar-refractivity contribution in [3.8, 4) is 0 Å². The lowest BCUT2D eigenvalue weighted by molar-refractivity contribution is 0.144. The highest BCUT2D eigenvalue weighted by molar-refractivity contribution is 5.42. The lowest BCUT2D eigenvalue weighted by Crippen LogP contribution is -2.47. The third kappa shape index (κ3) is 2.51. The standard InChI is InChI=1S/C17H21N5/c1-13-3-2-4-16(20-13)22-8-6-17(11-22)9-14(10-17)21-15-5-7-18-12-19-15/h2-5,7,12,14H,6,8-11H2,1H3,(H,18,19,21). The molecule has 2 aliphatic rings. The van der Waals surface area contributed by atoms with Gasteiger partial charge < -0.3 is 10.2 Å². The van der Waals surface area contributed by atoms with Crippen LogP contribution >= 0.6 is 0 Å². The second kappa shape index (κ2) is 5.23. The molecule has 0 aromatic carbocycles. The molecule has 1 aliphatic carbocycles. The first-order valence-electron chi connectivity index (χ1n) is 7.94. The summed E-state index contributed by atoms with van der Waals surface area (Å²) in [6.07, 6.45) is 7.09. The molecule has 2 aromatic rings. The number of pyridine rings is 1. The minimum atomic E-state index is 0.468. The summed E-state index contributed by atoms with van der Waals surface area (Å²) in [6.45, 7) is 4.31. The fraction of sp³-hybridized carbons (Fsp3) is 0.471. The number of rotatable bonds is 3. The summed E-state index contributed by atoms with van der Waals surface area (Å²) in [4.78, 5) is 15.3. The average molecular weight is 295 g/mol. The van der Waals surface area contributed by atoms with Crippen LogP contribution in [-0.4, -0.2) is 34.1 Å². The monoisotopic (exact) mass is 295 g/mol. The van der Waals surface area contributed by atoms with Crippen LogP contribution in [0.15, 0.2) is 36.8 Å². The van der Waals surface area contributed by atoms with Crippen LogP contribution in [0.1, 0.15) is 25.0 Å². The van der Waals surface area contributed by atoms with Gasteiger partial charge in [0.25, 0.3) is 0 Å². The Kier molecular flexibility index (Phi) is 3.21. The zero-order valence-corrected chi connectivity index (χ0v) is 12.9. The van der Waals surface area contributed by atoms with Gasteiger partial charge in [0.15, 0.2) is 0 Å². The van der Waals surface area contributed by atoms with Crippen LogP contribution in [0.3, 0.4) is 0 Å². The highest BCUT2D eigenvalue weighted by Gasteiger charge is 2.48. The molecule has 0 unspecified atom stereocenters. The van der Waals surface area contributed by atoms with E-state index in [0.29, 0.717) is 11.5 Å². The van der Waals surface area contributed by atoms with Crippen LogP contribution in [0.5, 0.6) is 0 Å². The normalized spacial score (nSPS) is 27.0. The van der Waals surface area contributed by atoms with Crippen molar-refractivity contribution in [2.45, 2.75) is 32.2 Å². The molecule has 1 saturated heterocycles. The summed E-state index contributed by atoms with van der Waals surface area (Å²) >= 11 is 0. The Hall–Kier alpha value is -2.17. The van der Waals surface area contributed by atoms with Gasteiger partial charge >= 0.3 is 0 Å². The van der Waals surface area contributed by atoms with Gasteiger partial charge in [-0.25, -0.2) is 15.0 Å². The Labute approximate surface area is 130 Å². The number of aryl methyl sites for hydroxylation is 1. The minimum Gasteiger partial charge on any atom is -0.367 e. The molecule has 4 rings (SSSR count). The number of nitrogens with zero attached hydrogens (tertiary/aromatic N) is 4. The largest absolute Gasteiger partial charge is 0.367 e. The molecule has 1 aliphatic heterocycles. The molecule has 0 amide bonds. The summed E-state index contributed by atoms with van der Waals surface area (Å²) in [7, 11) is 0. The molecule has 2 aromatic heterocycles. The Morgan fingerprint density at radius 2 is 2.18 bits per heavy atom. The van der Waals surface area contributed by atoms with Crippen LogP contribution in [-0.2, 0) is 0 Å². The molecule has 2 fully saturated rings. The molecule has 0 atom stereocenters. The Balaban J connectivity index is 1.36. The number of hydrogen-bond donors (Lipinski definition) is 1. The zero-order valence-electron chi connectivity index (χ0n) is 12.9. The second-order valence-electron chi connectivity index (χ2n) is 6.65. The molecular weight excluding hydrogens is 274 g/mol. The summed E-state index contributed by atoms with van der Waals surface area (Å²) in [6, 6.07) is 8.76. The predicted octanol–water partition coefficient (Wildman–Crippen LogP) is 2.65. The average Bonchev–Trinajstić information content (AvgIpc) is 2.93. The molecule has 1 N–H and O–H groups in total. The van der Waals surface area contributed by atoms with Crippen molar-refractivity contribution in [2.24, 2.45) is 5.41 Å². The number of hydrogen-bond acceptors (Lipinski definition) is 5. The number of anilines is 2. The molecule has 3 heterocycles. The molecule has 5 heteroatoms. The van der Waals surface area contributed by atoms with Gasteiger partial charge in [0.05, 0.1) is 0 Å². The van der Waals surface area contributed by atoms with Gasteiger partial charge in [0.1, 0.15) is 18.0 Å². The Morgan fingerprint density at radius 1 is 1.27 bits per heavy atom. The summed E-state index contributed by atoms with van der Waals surface area (Å²) in [5, 5.41) is 3.51. The zero-order chi connectivity index (χ0) is 15.0. The van der Waals surface area contributed by atoms with E-state index in [1.54, 1.807) is 12.5 Å². The molecular formula is C17H21N5. The number of nitrogens with one attached hydrogen (secondary N) is 1. The summed E-state index contributed by atoms with van der Waals surface area (Å²) < 4.78 is 0. The van der Waals surface area contributed by atoms with E-state index in [1.807, 2.05) is 6.07 Å². The van der Waals surface area contributed by atoms with Crippen LogP contribution in [0.25, 0.3) is 0 Å². The predicted molar refractivity (Wildman–Crippen MR) is 86.9 cm³/mol.